The second-order valence-corrected chi connectivity index (χ2v) is 3.33. The molecule has 5 nitrogen and oxygen atoms in total. The lowest BCUT2D eigenvalue weighted by molar-refractivity contribution is 0.318. The summed E-state index contributed by atoms with van der Waals surface area (Å²) in [5, 5.41) is 11.4. The van der Waals surface area contributed by atoms with Gasteiger partial charge >= 0.3 is 0 Å². The van der Waals surface area contributed by atoms with Gasteiger partial charge in [-0.3, -0.25) is 0 Å². The summed E-state index contributed by atoms with van der Waals surface area (Å²) in [5.41, 5.74) is 5.45. The van der Waals surface area contributed by atoms with E-state index in [-0.39, 0.29) is 5.84 Å². The molecule has 0 amide bonds. The zero-order chi connectivity index (χ0) is 9.26. The number of hydrogen-bond donors (Lipinski definition) is 2. The quantitative estimate of drug-likeness (QED) is 0.306. The van der Waals surface area contributed by atoms with E-state index in [9.17, 15) is 0 Å². The van der Waals surface area contributed by atoms with Crippen LogP contribution < -0.4 is 5.73 Å². The Morgan fingerprint density at radius 3 is 3.15 bits per heavy atom. The van der Waals surface area contributed by atoms with Crippen LogP contribution in [-0.2, 0) is 6.54 Å². The second-order valence-electron chi connectivity index (χ2n) is 3.33. The van der Waals surface area contributed by atoms with Crippen molar-refractivity contribution in [3.8, 4) is 0 Å². The normalized spacial score (nSPS) is 17.7. The standard InChI is InChI=1S/C8H12N4O/c9-7(11-13)8-10-3-4-12(8)5-6-1-2-6/h3-4,6,13H,1-2,5H2,(H2,9,11). The van der Waals surface area contributed by atoms with Crippen LogP contribution in [0.2, 0.25) is 0 Å². The molecular weight excluding hydrogens is 168 g/mol. The molecule has 0 saturated heterocycles. The van der Waals surface area contributed by atoms with Crippen molar-refractivity contribution in [2.45, 2.75) is 19.4 Å². The Bertz CT molecular complexity index is 327. The molecule has 1 aromatic rings. The molecule has 3 N–H and O–H groups in total. The highest BCUT2D eigenvalue weighted by atomic mass is 16.4. The second kappa shape index (κ2) is 3.08. The Morgan fingerprint density at radius 2 is 2.54 bits per heavy atom. The summed E-state index contributed by atoms with van der Waals surface area (Å²) in [5.74, 6) is 1.37. The predicted molar refractivity (Wildman–Crippen MR) is 47.5 cm³/mol. The average molecular weight is 180 g/mol. The molecular formula is C8H12N4O. The lowest BCUT2D eigenvalue weighted by Crippen LogP contribution is -2.19. The third-order valence-corrected chi connectivity index (χ3v) is 2.20. The highest BCUT2D eigenvalue weighted by Gasteiger charge is 2.23. The minimum Gasteiger partial charge on any atom is -0.409 e. The predicted octanol–water partition coefficient (Wildman–Crippen LogP) is 0.388. The van der Waals surface area contributed by atoms with E-state index >= 15 is 0 Å². The van der Waals surface area contributed by atoms with Crippen LogP contribution in [0.3, 0.4) is 0 Å². The molecule has 0 aliphatic heterocycles. The van der Waals surface area contributed by atoms with Gasteiger partial charge in [0.25, 0.3) is 0 Å². The topological polar surface area (TPSA) is 76.4 Å². The summed E-state index contributed by atoms with van der Waals surface area (Å²) in [6.45, 7) is 0.922. The van der Waals surface area contributed by atoms with Crippen molar-refractivity contribution in [3.05, 3.63) is 18.2 Å². The number of amidine groups is 1. The van der Waals surface area contributed by atoms with E-state index < -0.39 is 0 Å². The molecule has 1 fully saturated rings. The van der Waals surface area contributed by atoms with Crippen molar-refractivity contribution >= 4 is 5.84 Å². The van der Waals surface area contributed by atoms with E-state index in [1.54, 1.807) is 6.20 Å². The van der Waals surface area contributed by atoms with E-state index in [0.29, 0.717) is 5.82 Å². The van der Waals surface area contributed by atoms with Crippen molar-refractivity contribution in [1.29, 1.82) is 0 Å². The van der Waals surface area contributed by atoms with Gasteiger partial charge in [-0.05, 0) is 18.8 Å². The third kappa shape index (κ3) is 1.63. The Kier molecular flexibility index (Phi) is 1.92. The fraction of sp³-hybridized carbons (Fsp3) is 0.500. The third-order valence-electron chi connectivity index (χ3n) is 2.20. The van der Waals surface area contributed by atoms with Gasteiger partial charge in [0, 0.05) is 18.9 Å². The number of nitrogens with two attached hydrogens (primary N) is 1. The van der Waals surface area contributed by atoms with Crippen LogP contribution in [0, 0.1) is 5.92 Å². The van der Waals surface area contributed by atoms with Crippen LogP contribution >= 0.6 is 0 Å². The van der Waals surface area contributed by atoms with Gasteiger partial charge < -0.3 is 15.5 Å². The van der Waals surface area contributed by atoms with Crippen LogP contribution in [0.15, 0.2) is 17.5 Å². The molecule has 2 rings (SSSR count). The van der Waals surface area contributed by atoms with Crippen molar-refractivity contribution in [1.82, 2.24) is 9.55 Å². The van der Waals surface area contributed by atoms with Gasteiger partial charge in [-0.1, -0.05) is 5.16 Å². The summed E-state index contributed by atoms with van der Waals surface area (Å²) in [7, 11) is 0. The van der Waals surface area contributed by atoms with Gasteiger partial charge in [0.15, 0.2) is 5.82 Å². The Balaban J connectivity index is 2.18. The lowest BCUT2D eigenvalue weighted by Gasteiger charge is -2.04. The molecule has 1 aromatic heterocycles. The van der Waals surface area contributed by atoms with E-state index in [4.69, 9.17) is 10.9 Å². The fourth-order valence-electron chi connectivity index (χ4n) is 1.31. The van der Waals surface area contributed by atoms with Gasteiger partial charge in [0.2, 0.25) is 5.84 Å². The maximum absolute atomic E-state index is 8.49. The maximum atomic E-state index is 8.49. The molecule has 1 aliphatic rings. The van der Waals surface area contributed by atoms with Gasteiger partial charge in [-0.2, -0.15) is 0 Å². The first-order valence-corrected chi connectivity index (χ1v) is 4.30. The molecule has 1 aliphatic carbocycles. The molecule has 1 saturated carbocycles. The number of aromatic nitrogens is 2. The van der Waals surface area contributed by atoms with Crippen LogP contribution in [0.25, 0.3) is 0 Å². The Morgan fingerprint density at radius 1 is 1.77 bits per heavy atom. The molecule has 0 unspecified atom stereocenters. The molecule has 0 aromatic carbocycles. The molecule has 13 heavy (non-hydrogen) atoms. The highest BCUT2D eigenvalue weighted by molar-refractivity contribution is 5.93. The molecule has 0 radical (unpaired) electrons. The van der Waals surface area contributed by atoms with Crippen LogP contribution in [0.4, 0.5) is 0 Å². The molecule has 0 spiro atoms. The van der Waals surface area contributed by atoms with Crippen molar-refractivity contribution in [2.24, 2.45) is 16.8 Å². The largest absolute Gasteiger partial charge is 0.409 e. The molecule has 0 bridgehead atoms. The van der Waals surface area contributed by atoms with Crippen molar-refractivity contribution in [2.75, 3.05) is 0 Å². The molecule has 0 atom stereocenters. The van der Waals surface area contributed by atoms with Crippen molar-refractivity contribution in [3.63, 3.8) is 0 Å². The number of nitrogens with zero attached hydrogens (tertiary/aromatic N) is 3. The SMILES string of the molecule is NC(=NO)c1nccn1CC1CC1. The minimum atomic E-state index is 0.0747. The first kappa shape index (κ1) is 8.10. The summed E-state index contributed by atoms with van der Waals surface area (Å²) in [6, 6.07) is 0. The van der Waals surface area contributed by atoms with Gasteiger partial charge in [-0.25, -0.2) is 4.98 Å². The Labute approximate surface area is 75.9 Å². The molecule has 70 valence electrons. The summed E-state index contributed by atoms with van der Waals surface area (Å²) in [6.07, 6.45) is 6.06. The van der Waals surface area contributed by atoms with Gasteiger partial charge in [0.05, 0.1) is 0 Å². The van der Waals surface area contributed by atoms with E-state index in [1.165, 1.54) is 12.8 Å². The molecule has 1 heterocycles. The first-order valence-electron chi connectivity index (χ1n) is 4.30. The maximum Gasteiger partial charge on any atom is 0.206 e. The fourth-order valence-corrected chi connectivity index (χ4v) is 1.31. The van der Waals surface area contributed by atoms with E-state index in [0.717, 1.165) is 12.5 Å². The van der Waals surface area contributed by atoms with Gasteiger partial charge in [-0.15, -0.1) is 0 Å². The molecule has 5 heteroatoms. The van der Waals surface area contributed by atoms with E-state index in [2.05, 4.69) is 10.1 Å². The summed E-state index contributed by atoms with van der Waals surface area (Å²) in [4.78, 5) is 4.01. The first-order chi connectivity index (χ1) is 6.31. The summed E-state index contributed by atoms with van der Waals surface area (Å²) < 4.78 is 1.92. The minimum absolute atomic E-state index is 0.0747. The summed E-state index contributed by atoms with van der Waals surface area (Å²) >= 11 is 0. The Hall–Kier alpha value is -1.52. The smallest absolute Gasteiger partial charge is 0.206 e. The zero-order valence-electron chi connectivity index (χ0n) is 7.22. The van der Waals surface area contributed by atoms with Crippen LogP contribution in [-0.4, -0.2) is 20.6 Å². The zero-order valence-corrected chi connectivity index (χ0v) is 7.22. The number of rotatable bonds is 3. The number of hydrogen-bond acceptors (Lipinski definition) is 3. The van der Waals surface area contributed by atoms with Crippen LogP contribution in [0.5, 0.6) is 0 Å². The monoisotopic (exact) mass is 180 g/mol. The van der Waals surface area contributed by atoms with Crippen molar-refractivity contribution < 1.29 is 5.21 Å². The van der Waals surface area contributed by atoms with E-state index in [1.807, 2.05) is 10.8 Å². The van der Waals surface area contributed by atoms with Gasteiger partial charge in [0.1, 0.15) is 0 Å². The number of oxime groups is 1. The highest BCUT2D eigenvalue weighted by Crippen LogP contribution is 2.30. The number of imidazole rings is 1. The van der Waals surface area contributed by atoms with Crippen LogP contribution in [0.1, 0.15) is 18.7 Å². The average Bonchev–Trinajstić information content (AvgIpc) is 2.82. The lowest BCUT2D eigenvalue weighted by atomic mass is 10.4.